The van der Waals surface area contributed by atoms with Crippen LogP contribution in [0, 0.1) is 0 Å². The van der Waals surface area contributed by atoms with Gasteiger partial charge in [-0.3, -0.25) is 0 Å². The molecule has 116 valence electrons. The van der Waals surface area contributed by atoms with Gasteiger partial charge in [-0.25, -0.2) is 0 Å². The largest absolute Gasteiger partial charge is 0.504 e. The molecular formula is C20H18O3. The Morgan fingerprint density at radius 2 is 1.09 bits per heavy atom. The maximum atomic E-state index is 10.4. The molecule has 0 saturated carbocycles. The third kappa shape index (κ3) is 2.40. The number of rotatable bonds is 3. The summed E-state index contributed by atoms with van der Waals surface area (Å²) in [4.78, 5) is 0. The molecule has 0 radical (unpaired) electrons. The van der Waals surface area contributed by atoms with Gasteiger partial charge in [0.1, 0.15) is 0 Å². The molecule has 0 unspecified atom stereocenters. The molecule has 23 heavy (non-hydrogen) atoms. The van der Waals surface area contributed by atoms with E-state index in [0.29, 0.717) is 5.56 Å². The lowest BCUT2D eigenvalue weighted by Crippen LogP contribution is -2.25. The average Bonchev–Trinajstić information content (AvgIpc) is 2.61. The number of phenols is 3. The van der Waals surface area contributed by atoms with Crippen LogP contribution in [0.3, 0.4) is 0 Å². The lowest BCUT2D eigenvalue weighted by Gasteiger charge is -2.32. The van der Waals surface area contributed by atoms with Gasteiger partial charge in [-0.2, -0.15) is 0 Å². The Kier molecular flexibility index (Phi) is 3.70. The number of aromatic hydroxyl groups is 3. The van der Waals surface area contributed by atoms with Gasteiger partial charge in [0.2, 0.25) is 5.75 Å². The van der Waals surface area contributed by atoms with Crippen LogP contribution < -0.4 is 0 Å². The Bertz CT molecular complexity index is 772. The quantitative estimate of drug-likeness (QED) is 0.503. The molecule has 0 aliphatic rings. The van der Waals surface area contributed by atoms with E-state index in [0.717, 1.165) is 11.1 Å². The number of hydrogen-bond donors (Lipinski definition) is 3. The van der Waals surface area contributed by atoms with Crippen LogP contribution in [0.25, 0.3) is 0 Å². The highest BCUT2D eigenvalue weighted by atomic mass is 16.3. The van der Waals surface area contributed by atoms with E-state index in [1.165, 1.54) is 6.07 Å². The third-order valence-electron chi connectivity index (χ3n) is 4.37. The topological polar surface area (TPSA) is 60.7 Å². The highest BCUT2D eigenvalue weighted by molar-refractivity contribution is 5.61. The molecule has 3 N–H and O–H groups in total. The van der Waals surface area contributed by atoms with Crippen molar-refractivity contribution < 1.29 is 15.3 Å². The summed E-state index contributed by atoms with van der Waals surface area (Å²) in [5.41, 5.74) is 1.82. The smallest absolute Gasteiger partial charge is 0.200 e. The minimum absolute atomic E-state index is 0.305. The second-order valence-corrected chi connectivity index (χ2v) is 5.69. The summed E-state index contributed by atoms with van der Waals surface area (Å²) in [6.45, 7) is 1.99. The van der Waals surface area contributed by atoms with E-state index in [-0.39, 0.29) is 11.5 Å². The first-order valence-corrected chi connectivity index (χ1v) is 7.40. The van der Waals surface area contributed by atoms with E-state index in [2.05, 4.69) is 0 Å². The molecule has 0 aliphatic heterocycles. The maximum absolute atomic E-state index is 10.4. The molecule has 0 heterocycles. The van der Waals surface area contributed by atoms with Crippen LogP contribution in [0.2, 0.25) is 0 Å². The van der Waals surface area contributed by atoms with Gasteiger partial charge in [-0.1, -0.05) is 66.7 Å². The summed E-state index contributed by atoms with van der Waals surface area (Å²) < 4.78 is 0. The van der Waals surface area contributed by atoms with Crippen molar-refractivity contribution in [3.63, 3.8) is 0 Å². The van der Waals surface area contributed by atoms with Crippen LogP contribution in [0.1, 0.15) is 23.6 Å². The van der Waals surface area contributed by atoms with Crippen molar-refractivity contribution in [2.75, 3.05) is 0 Å². The van der Waals surface area contributed by atoms with Gasteiger partial charge in [0.25, 0.3) is 0 Å². The fourth-order valence-corrected chi connectivity index (χ4v) is 2.99. The maximum Gasteiger partial charge on any atom is 0.200 e. The molecule has 0 aromatic heterocycles. The Morgan fingerprint density at radius 1 is 0.609 bits per heavy atom. The summed E-state index contributed by atoms with van der Waals surface area (Å²) in [5, 5.41) is 30.0. The van der Waals surface area contributed by atoms with Gasteiger partial charge < -0.3 is 15.3 Å². The van der Waals surface area contributed by atoms with Crippen LogP contribution in [-0.2, 0) is 5.41 Å². The lowest BCUT2D eigenvalue weighted by atomic mass is 9.70. The monoisotopic (exact) mass is 306 g/mol. The molecule has 0 atom stereocenters. The lowest BCUT2D eigenvalue weighted by molar-refractivity contribution is 0.361. The summed E-state index contributed by atoms with van der Waals surface area (Å²) in [5.74, 6) is -1.14. The van der Waals surface area contributed by atoms with Gasteiger partial charge in [0.05, 0.1) is 0 Å². The van der Waals surface area contributed by atoms with Gasteiger partial charge in [0, 0.05) is 11.0 Å². The molecule has 0 aliphatic carbocycles. The molecule has 3 heteroatoms. The zero-order valence-electron chi connectivity index (χ0n) is 12.8. The summed E-state index contributed by atoms with van der Waals surface area (Å²) in [7, 11) is 0. The van der Waals surface area contributed by atoms with Crippen LogP contribution in [0.4, 0.5) is 0 Å². The molecule has 3 rings (SSSR count). The molecule has 3 aromatic rings. The van der Waals surface area contributed by atoms with Crippen LogP contribution in [0.5, 0.6) is 17.2 Å². The molecular weight excluding hydrogens is 288 g/mol. The second kappa shape index (κ2) is 5.69. The molecule has 3 nitrogen and oxygen atoms in total. The van der Waals surface area contributed by atoms with Crippen LogP contribution in [0.15, 0.2) is 72.8 Å². The van der Waals surface area contributed by atoms with Crippen LogP contribution >= 0.6 is 0 Å². The number of hydrogen-bond acceptors (Lipinski definition) is 3. The number of benzene rings is 3. The normalized spacial score (nSPS) is 11.3. The van der Waals surface area contributed by atoms with Crippen LogP contribution in [-0.4, -0.2) is 15.3 Å². The van der Waals surface area contributed by atoms with Crippen molar-refractivity contribution in [2.24, 2.45) is 0 Å². The molecule has 0 saturated heterocycles. The average molecular weight is 306 g/mol. The molecule has 0 spiro atoms. The van der Waals surface area contributed by atoms with E-state index in [1.807, 2.05) is 67.6 Å². The van der Waals surface area contributed by atoms with Gasteiger partial charge in [-0.15, -0.1) is 0 Å². The first-order valence-electron chi connectivity index (χ1n) is 7.40. The molecule has 0 amide bonds. The Hall–Kier alpha value is -2.94. The highest BCUT2D eigenvalue weighted by Crippen LogP contribution is 2.47. The summed E-state index contributed by atoms with van der Waals surface area (Å²) in [6, 6.07) is 22.6. The molecule has 0 fully saturated rings. The predicted molar refractivity (Wildman–Crippen MR) is 89.9 cm³/mol. The predicted octanol–water partition coefficient (Wildman–Crippen LogP) is 4.16. The number of phenolic OH excluding ortho intramolecular Hbond substituents is 3. The Morgan fingerprint density at radius 3 is 1.57 bits per heavy atom. The first-order chi connectivity index (χ1) is 11.0. The summed E-state index contributed by atoms with van der Waals surface area (Å²) in [6.07, 6.45) is 0. The van der Waals surface area contributed by atoms with Crippen molar-refractivity contribution >= 4 is 0 Å². The van der Waals surface area contributed by atoms with E-state index in [9.17, 15) is 15.3 Å². The van der Waals surface area contributed by atoms with Crippen molar-refractivity contribution in [1.29, 1.82) is 0 Å². The molecule has 0 bridgehead atoms. The Labute approximate surface area is 135 Å². The Balaban J connectivity index is 2.32. The fourth-order valence-electron chi connectivity index (χ4n) is 2.99. The van der Waals surface area contributed by atoms with Gasteiger partial charge >= 0.3 is 0 Å². The van der Waals surface area contributed by atoms with Gasteiger partial charge in [0.15, 0.2) is 11.5 Å². The minimum atomic E-state index is -0.669. The zero-order chi connectivity index (χ0) is 16.4. The van der Waals surface area contributed by atoms with E-state index < -0.39 is 11.2 Å². The fraction of sp³-hybridized carbons (Fsp3) is 0.100. The van der Waals surface area contributed by atoms with Crippen molar-refractivity contribution in [1.82, 2.24) is 0 Å². The molecule has 3 aromatic carbocycles. The minimum Gasteiger partial charge on any atom is -0.504 e. The van der Waals surface area contributed by atoms with Crippen molar-refractivity contribution in [2.45, 2.75) is 12.3 Å². The van der Waals surface area contributed by atoms with E-state index in [4.69, 9.17) is 0 Å². The van der Waals surface area contributed by atoms with Crippen molar-refractivity contribution in [3.05, 3.63) is 89.5 Å². The zero-order valence-corrected chi connectivity index (χ0v) is 12.8. The first kappa shape index (κ1) is 15.0. The summed E-state index contributed by atoms with van der Waals surface area (Å²) >= 11 is 0. The van der Waals surface area contributed by atoms with E-state index in [1.54, 1.807) is 6.07 Å². The SMILES string of the molecule is CC(c1ccccc1)(c1ccccc1)c1ccc(O)c(O)c1O. The van der Waals surface area contributed by atoms with Gasteiger partial charge in [-0.05, 0) is 24.1 Å². The van der Waals surface area contributed by atoms with Crippen molar-refractivity contribution in [3.8, 4) is 17.2 Å². The third-order valence-corrected chi connectivity index (χ3v) is 4.37. The standard InChI is InChI=1S/C20H18O3/c1-20(14-8-4-2-5-9-14,15-10-6-3-7-11-15)16-12-13-17(21)19(23)18(16)22/h2-13,21-23H,1H3. The second-order valence-electron chi connectivity index (χ2n) is 5.69. The highest BCUT2D eigenvalue weighted by Gasteiger charge is 2.34. The van der Waals surface area contributed by atoms with E-state index >= 15 is 0 Å².